The fraction of sp³-hybridized carbons (Fsp3) is 0. The highest BCUT2D eigenvalue weighted by molar-refractivity contribution is 6.13. The molecule has 0 aliphatic carbocycles. The lowest BCUT2D eigenvalue weighted by molar-refractivity contribution is 0.0295. The van der Waals surface area contributed by atoms with E-state index in [1.807, 2.05) is 60.7 Å². The van der Waals surface area contributed by atoms with Crippen LogP contribution < -0.4 is 15.9 Å². The Labute approximate surface area is 155 Å². The van der Waals surface area contributed by atoms with Crippen LogP contribution >= 0.6 is 0 Å². The quantitative estimate of drug-likeness (QED) is 0.448. The van der Waals surface area contributed by atoms with Crippen molar-refractivity contribution in [2.45, 2.75) is 0 Å². The van der Waals surface area contributed by atoms with E-state index in [0.29, 0.717) is 5.71 Å². The fourth-order valence-electron chi connectivity index (χ4n) is 2.50. The van der Waals surface area contributed by atoms with Crippen LogP contribution in [0.2, 0.25) is 0 Å². The first-order chi connectivity index (χ1) is 13.1. The van der Waals surface area contributed by atoms with Gasteiger partial charge in [0.05, 0.1) is 11.4 Å². The van der Waals surface area contributed by atoms with E-state index in [1.54, 1.807) is 0 Å². The molecule has 8 nitrogen and oxygen atoms in total. The molecule has 27 heavy (non-hydrogen) atoms. The molecule has 3 rings (SSSR count). The smallest absolute Gasteiger partial charge is 0.121 e. The zero-order chi connectivity index (χ0) is 19.2. The minimum absolute atomic E-state index is 0.185. The molecule has 0 aliphatic rings. The van der Waals surface area contributed by atoms with Gasteiger partial charge in [0.2, 0.25) is 0 Å². The van der Waals surface area contributed by atoms with E-state index in [9.17, 15) is 20.8 Å². The van der Waals surface area contributed by atoms with Gasteiger partial charge in [0.25, 0.3) is 0 Å². The molecule has 0 spiro atoms. The highest BCUT2D eigenvalue weighted by Gasteiger charge is 2.10. The first kappa shape index (κ1) is 18.4. The highest BCUT2D eigenvalue weighted by atomic mass is 16.8. The van der Waals surface area contributed by atoms with Crippen LogP contribution in [-0.2, 0) is 0 Å². The molecule has 8 heteroatoms. The van der Waals surface area contributed by atoms with Crippen molar-refractivity contribution >= 4 is 22.8 Å². The highest BCUT2D eigenvalue weighted by Crippen LogP contribution is 2.29. The average molecular weight is 364 g/mol. The third kappa shape index (κ3) is 4.40. The summed E-state index contributed by atoms with van der Waals surface area (Å²) in [6.07, 6.45) is 0. The third-order valence-corrected chi connectivity index (χ3v) is 3.79. The van der Waals surface area contributed by atoms with Gasteiger partial charge in [-0.25, -0.2) is 0 Å². The molecule has 0 fully saturated rings. The standard InChI is InChI=1S/C19H16N4O4/c24-22(25)16-11-12-17(18(13-16)23(26)27)20-21-19(14-7-3-1-4-8-14)15-9-5-2-6-10-15/h1-13,20,26-27H/q-2. The van der Waals surface area contributed by atoms with E-state index in [-0.39, 0.29) is 22.3 Å². The van der Waals surface area contributed by atoms with Crippen LogP contribution in [0.15, 0.2) is 84.0 Å². The largest absolute Gasteiger partial charge is 0.769 e. The normalized spacial score (nSPS) is 10.2. The summed E-state index contributed by atoms with van der Waals surface area (Å²) in [5, 5.41) is 44.2. The van der Waals surface area contributed by atoms with Gasteiger partial charge >= 0.3 is 0 Å². The van der Waals surface area contributed by atoms with Crippen LogP contribution in [0.25, 0.3) is 0 Å². The summed E-state index contributed by atoms with van der Waals surface area (Å²) in [5.41, 5.74) is 4.80. The number of rotatable bonds is 6. The van der Waals surface area contributed by atoms with Crippen LogP contribution in [0.3, 0.4) is 0 Å². The second-order valence-corrected chi connectivity index (χ2v) is 5.55. The van der Waals surface area contributed by atoms with Crippen LogP contribution in [0.5, 0.6) is 0 Å². The maximum atomic E-state index is 10.9. The van der Waals surface area contributed by atoms with Crippen molar-refractivity contribution in [3.8, 4) is 0 Å². The third-order valence-electron chi connectivity index (χ3n) is 3.79. The van der Waals surface area contributed by atoms with E-state index in [4.69, 9.17) is 0 Å². The van der Waals surface area contributed by atoms with Crippen molar-refractivity contribution in [2.24, 2.45) is 5.10 Å². The Morgan fingerprint density at radius 1 is 0.815 bits per heavy atom. The Hall–Kier alpha value is -3.43. The van der Waals surface area contributed by atoms with E-state index < -0.39 is 5.23 Å². The molecule has 0 saturated heterocycles. The van der Waals surface area contributed by atoms with Gasteiger partial charge in [-0.05, 0) is 18.2 Å². The predicted molar refractivity (Wildman–Crippen MR) is 104 cm³/mol. The molecule has 3 N–H and O–H groups in total. The monoisotopic (exact) mass is 364 g/mol. The van der Waals surface area contributed by atoms with Crippen molar-refractivity contribution in [1.82, 2.24) is 0 Å². The van der Waals surface area contributed by atoms with Gasteiger partial charge in [0, 0.05) is 16.8 Å². The van der Waals surface area contributed by atoms with Crippen LogP contribution in [0.4, 0.5) is 17.1 Å². The summed E-state index contributed by atoms with van der Waals surface area (Å²) in [6, 6.07) is 22.5. The van der Waals surface area contributed by atoms with Crippen molar-refractivity contribution < 1.29 is 10.4 Å². The van der Waals surface area contributed by atoms with Gasteiger partial charge in [-0.3, -0.25) is 15.8 Å². The number of hydrogen-bond donors (Lipinski definition) is 3. The summed E-state index contributed by atoms with van der Waals surface area (Å²) in [6.45, 7) is 0. The van der Waals surface area contributed by atoms with Crippen molar-refractivity contribution in [1.29, 1.82) is 0 Å². The number of nitrogens with one attached hydrogen (secondary N) is 1. The van der Waals surface area contributed by atoms with E-state index in [0.717, 1.165) is 17.2 Å². The number of benzene rings is 3. The number of hydrazone groups is 1. The Bertz CT molecular complexity index is 874. The van der Waals surface area contributed by atoms with Gasteiger partial charge in [-0.1, -0.05) is 60.7 Å². The lowest BCUT2D eigenvalue weighted by atomic mass is 10.0. The molecule has 138 valence electrons. The molecule has 0 bridgehead atoms. The van der Waals surface area contributed by atoms with E-state index in [2.05, 4.69) is 10.5 Å². The summed E-state index contributed by atoms with van der Waals surface area (Å²) in [7, 11) is 0. The van der Waals surface area contributed by atoms with Crippen molar-refractivity contribution in [2.75, 3.05) is 15.9 Å². The molecule has 0 aromatic heterocycles. The van der Waals surface area contributed by atoms with Crippen LogP contribution in [0.1, 0.15) is 11.1 Å². The molecule has 0 radical (unpaired) electrons. The predicted octanol–water partition coefficient (Wildman–Crippen LogP) is 3.94. The topological polar surface area (TPSA) is 117 Å². The van der Waals surface area contributed by atoms with Crippen LogP contribution in [0, 0.1) is 10.4 Å². The van der Waals surface area contributed by atoms with E-state index in [1.165, 1.54) is 12.1 Å². The molecule has 0 atom stereocenters. The van der Waals surface area contributed by atoms with Gasteiger partial charge in [0.15, 0.2) is 0 Å². The minimum Gasteiger partial charge on any atom is -0.769 e. The molecule has 0 heterocycles. The summed E-state index contributed by atoms with van der Waals surface area (Å²) in [4.78, 5) is 0. The number of hydrogen-bond acceptors (Lipinski definition) is 8. The minimum atomic E-state index is -0.626. The molecular weight excluding hydrogens is 348 g/mol. The molecule has 0 saturated carbocycles. The Morgan fingerprint density at radius 3 is 1.85 bits per heavy atom. The summed E-state index contributed by atoms with van der Waals surface area (Å²) in [5.74, 6) is 0. The molecular formula is C19H16N4O4-2. The van der Waals surface area contributed by atoms with Gasteiger partial charge in [0.1, 0.15) is 5.69 Å². The van der Waals surface area contributed by atoms with E-state index >= 15 is 0 Å². The van der Waals surface area contributed by atoms with Crippen LogP contribution in [-0.4, -0.2) is 16.1 Å². The maximum absolute atomic E-state index is 10.9. The molecule has 0 amide bonds. The summed E-state index contributed by atoms with van der Waals surface area (Å²) < 4.78 is 0. The Morgan fingerprint density at radius 2 is 1.37 bits per heavy atom. The van der Waals surface area contributed by atoms with Gasteiger partial charge in [-0.15, -0.1) is 5.23 Å². The zero-order valence-electron chi connectivity index (χ0n) is 14.1. The number of anilines is 3. The first-order valence-corrected chi connectivity index (χ1v) is 7.97. The Kier molecular flexibility index (Phi) is 5.64. The summed E-state index contributed by atoms with van der Waals surface area (Å²) >= 11 is 0. The first-order valence-electron chi connectivity index (χ1n) is 7.97. The second kappa shape index (κ2) is 8.30. The molecule has 0 aliphatic heterocycles. The van der Waals surface area contributed by atoms with Gasteiger partial charge in [-0.2, -0.15) is 5.10 Å². The molecule has 3 aromatic rings. The number of nitrogens with zero attached hydrogens (tertiary/aromatic N) is 3. The lowest BCUT2D eigenvalue weighted by Gasteiger charge is -2.37. The Balaban J connectivity index is 2.00. The van der Waals surface area contributed by atoms with Gasteiger partial charge < -0.3 is 15.6 Å². The van der Waals surface area contributed by atoms with Crippen molar-refractivity contribution in [3.05, 3.63) is 100 Å². The fourth-order valence-corrected chi connectivity index (χ4v) is 2.50. The SMILES string of the molecule is [O-]N([O-])c1ccc(NN=C(c2ccccc2)c2ccccc2)c(N(O)O)c1. The second-order valence-electron chi connectivity index (χ2n) is 5.55. The maximum Gasteiger partial charge on any atom is 0.121 e. The lowest BCUT2D eigenvalue weighted by Crippen LogP contribution is -2.15. The molecule has 0 unspecified atom stereocenters. The zero-order valence-corrected chi connectivity index (χ0v) is 14.1. The molecule has 3 aromatic carbocycles. The van der Waals surface area contributed by atoms with Crippen molar-refractivity contribution in [3.63, 3.8) is 0 Å². The average Bonchev–Trinajstić information content (AvgIpc) is 2.69.